The van der Waals surface area contributed by atoms with E-state index in [0.29, 0.717) is 6.42 Å². The zero-order valence-electron chi connectivity index (χ0n) is 29.3. The second-order valence-corrected chi connectivity index (χ2v) is 13.2. The normalized spacial score (nSPS) is 12.4. The van der Waals surface area contributed by atoms with Crippen LogP contribution in [0, 0.1) is 0 Å². The standard InChI is InChI=1S/C40H47N7O4S/c1-52-27-35(45-36(48)25-29-19-21-32(22-20-29)31-16-9-4-10-17-31)39(51)46-33(18-11-23-43-40(41)42)38(50)47-34(24-28-12-5-2-6-13-28)37(49)44-26-30-14-7-3-8-15-30/h2-10,12-17,19-22,33-35H,11,18,23-27H2,1H3,(H,44,49)(H,45,48)(H,46,51)(H,47,50)(H4,41,42,43)/t33-,34+,35+/m1/s1. The van der Waals surface area contributed by atoms with Crippen LogP contribution in [0.15, 0.2) is 120 Å². The van der Waals surface area contributed by atoms with Crippen LogP contribution >= 0.6 is 11.8 Å². The molecule has 0 saturated heterocycles. The van der Waals surface area contributed by atoms with Gasteiger partial charge < -0.3 is 32.7 Å². The Kier molecular flexibility index (Phi) is 15.8. The molecule has 4 rings (SSSR count). The molecule has 4 aromatic rings. The molecule has 3 atom stereocenters. The number of thioether (sulfide) groups is 1. The molecule has 52 heavy (non-hydrogen) atoms. The zero-order chi connectivity index (χ0) is 37.1. The number of hydrogen-bond acceptors (Lipinski definition) is 6. The lowest BCUT2D eigenvalue weighted by Gasteiger charge is -2.25. The average molecular weight is 722 g/mol. The minimum atomic E-state index is -1.03. The fraction of sp³-hybridized carbons (Fsp3) is 0.275. The van der Waals surface area contributed by atoms with Crippen molar-refractivity contribution in [3.05, 3.63) is 132 Å². The van der Waals surface area contributed by atoms with Crippen LogP contribution in [-0.4, -0.2) is 66.3 Å². The topological polar surface area (TPSA) is 181 Å². The first kappa shape index (κ1) is 39.2. The molecule has 0 aromatic heterocycles. The van der Waals surface area contributed by atoms with E-state index in [2.05, 4.69) is 26.3 Å². The first-order valence-electron chi connectivity index (χ1n) is 17.2. The third kappa shape index (κ3) is 13.3. The van der Waals surface area contributed by atoms with Gasteiger partial charge in [0.25, 0.3) is 0 Å². The van der Waals surface area contributed by atoms with Gasteiger partial charge in [0, 0.05) is 25.3 Å². The molecule has 0 bridgehead atoms. The van der Waals surface area contributed by atoms with Gasteiger partial charge in [0.2, 0.25) is 23.6 Å². The molecule has 0 fully saturated rings. The predicted molar refractivity (Wildman–Crippen MR) is 208 cm³/mol. The van der Waals surface area contributed by atoms with E-state index in [-0.39, 0.29) is 55.9 Å². The summed E-state index contributed by atoms with van der Waals surface area (Å²) in [5, 5.41) is 11.5. The summed E-state index contributed by atoms with van der Waals surface area (Å²) in [6, 6.07) is 33.6. The summed E-state index contributed by atoms with van der Waals surface area (Å²) in [6.07, 6.45) is 2.70. The van der Waals surface area contributed by atoms with Crippen molar-refractivity contribution in [2.24, 2.45) is 16.5 Å². The molecule has 0 aliphatic rings. The van der Waals surface area contributed by atoms with E-state index in [0.717, 1.165) is 27.8 Å². The van der Waals surface area contributed by atoms with E-state index in [1.165, 1.54) is 11.8 Å². The van der Waals surface area contributed by atoms with E-state index in [4.69, 9.17) is 11.5 Å². The molecule has 0 spiro atoms. The number of amides is 4. The second kappa shape index (κ2) is 20.9. The van der Waals surface area contributed by atoms with E-state index >= 15 is 0 Å². The van der Waals surface area contributed by atoms with Crippen molar-refractivity contribution in [3.63, 3.8) is 0 Å². The number of hydrogen-bond donors (Lipinski definition) is 6. The highest BCUT2D eigenvalue weighted by atomic mass is 32.2. The first-order chi connectivity index (χ1) is 25.2. The van der Waals surface area contributed by atoms with Gasteiger partial charge in [-0.05, 0) is 46.9 Å². The van der Waals surface area contributed by atoms with Gasteiger partial charge in [0.05, 0.1) is 6.42 Å². The molecule has 272 valence electrons. The molecule has 0 unspecified atom stereocenters. The highest BCUT2D eigenvalue weighted by Gasteiger charge is 2.29. The Labute approximate surface area is 309 Å². The molecule has 0 aliphatic carbocycles. The molecule has 4 amide bonds. The Bertz CT molecular complexity index is 1750. The van der Waals surface area contributed by atoms with E-state index < -0.39 is 29.9 Å². The Morgan fingerprint density at radius 3 is 1.81 bits per heavy atom. The lowest BCUT2D eigenvalue weighted by molar-refractivity contribution is -0.133. The van der Waals surface area contributed by atoms with Gasteiger partial charge in [0.15, 0.2) is 5.96 Å². The summed E-state index contributed by atoms with van der Waals surface area (Å²) in [7, 11) is 0. The number of guanidine groups is 1. The molecule has 0 aliphatic heterocycles. The van der Waals surface area contributed by atoms with Gasteiger partial charge in [0.1, 0.15) is 18.1 Å². The van der Waals surface area contributed by atoms with Crippen LogP contribution in [0.1, 0.15) is 29.5 Å². The van der Waals surface area contributed by atoms with Gasteiger partial charge >= 0.3 is 0 Å². The maximum Gasteiger partial charge on any atom is 0.244 e. The minimum absolute atomic E-state index is 0.0783. The summed E-state index contributed by atoms with van der Waals surface area (Å²) in [5.74, 6) is -1.55. The number of nitrogens with two attached hydrogens (primary N) is 2. The van der Waals surface area contributed by atoms with Gasteiger partial charge in [-0.3, -0.25) is 24.2 Å². The van der Waals surface area contributed by atoms with Crippen molar-refractivity contribution in [3.8, 4) is 11.1 Å². The fourth-order valence-electron chi connectivity index (χ4n) is 5.51. The summed E-state index contributed by atoms with van der Waals surface area (Å²) in [4.78, 5) is 58.2. The van der Waals surface area contributed by atoms with Crippen LogP contribution in [0.5, 0.6) is 0 Å². The van der Waals surface area contributed by atoms with Crippen molar-refractivity contribution < 1.29 is 19.2 Å². The molecule has 12 heteroatoms. The van der Waals surface area contributed by atoms with E-state index in [9.17, 15) is 19.2 Å². The molecular weight excluding hydrogens is 675 g/mol. The molecule has 0 saturated carbocycles. The lowest BCUT2D eigenvalue weighted by atomic mass is 10.0. The number of carbonyl (C=O) groups excluding carboxylic acids is 4. The van der Waals surface area contributed by atoms with Crippen LogP contribution in [-0.2, 0) is 38.6 Å². The van der Waals surface area contributed by atoms with Crippen LogP contribution in [0.4, 0.5) is 0 Å². The van der Waals surface area contributed by atoms with Crippen molar-refractivity contribution in [1.29, 1.82) is 0 Å². The Morgan fingerprint density at radius 1 is 0.635 bits per heavy atom. The van der Waals surface area contributed by atoms with Crippen molar-refractivity contribution >= 4 is 41.4 Å². The Morgan fingerprint density at radius 2 is 1.19 bits per heavy atom. The largest absolute Gasteiger partial charge is 0.370 e. The average Bonchev–Trinajstić information content (AvgIpc) is 3.16. The van der Waals surface area contributed by atoms with Crippen molar-refractivity contribution in [1.82, 2.24) is 21.3 Å². The third-order valence-electron chi connectivity index (χ3n) is 8.21. The summed E-state index contributed by atoms with van der Waals surface area (Å²) < 4.78 is 0. The van der Waals surface area contributed by atoms with Gasteiger partial charge in [-0.15, -0.1) is 0 Å². The summed E-state index contributed by atoms with van der Waals surface area (Å²) >= 11 is 1.39. The quantitative estimate of drug-likeness (QED) is 0.0488. The highest BCUT2D eigenvalue weighted by molar-refractivity contribution is 7.98. The van der Waals surface area contributed by atoms with Crippen LogP contribution in [0.25, 0.3) is 11.1 Å². The summed E-state index contributed by atoms with van der Waals surface area (Å²) in [6.45, 7) is 0.522. The number of carbonyl (C=O) groups is 4. The van der Waals surface area contributed by atoms with E-state index in [1.54, 1.807) is 0 Å². The number of rotatable bonds is 19. The lowest BCUT2D eigenvalue weighted by Crippen LogP contribution is -2.57. The molecule has 11 nitrogen and oxygen atoms in total. The number of aliphatic imine (C=N–C) groups is 1. The maximum atomic E-state index is 13.9. The fourth-order valence-corrected chi connectivity index (χ4v) is 6.08. The first-order valence-corrected chi connectivity index (χ1v) is 18.6. The second-order valence-electron chi connectivity index (χ2n) is 12.3. The minimum Gasteiger partial charge on any atom is -0.370 e. The highest BCUT2D eigenvalue weighted by Crippen LogP contribution is 2.19. The number of benzene rings is 4. The molecule has 0 heterocycles. The predicted octanol–water partition coefficient (Wildman–Crippen LogP) is 3.33. The molecule has 8 N–H and O–H groups in total. The van der Waals surface area contributed by atoms with Crippen LogP contribution < -0.4 is 32.7 Å². The Balaban J connectivity index is 1.44. The monoisotopic (exact) mass is 721 g/mol. The van der Waals surface area contributed by atoms with Crippen LogP contribution in [0.2, 0.25) is 0 Å². The van der Waals surface area contributed by atoms with Gasteiger partial charge in [-0.1, -0.05) is 115 Å². The molecular formula is C40H47N7O4S. The van der Waals surface area contributed by atoms with Crippen molar-refractivity contribution in [2.75, 3.05) is 18.6 Å². The Hall–Kier alpha value is -5.62. The van der Waals surface area contributed by atoms with Crippen molar-refractivity contribution in [2.45, 2.75) is 50.4 Å². The van der Waals surface area contributed by atoms with Gasteiger partial charge in [-0.2, -0.15) is 11.8 Å². The van der Waals surface area contributed by atoms with E-state index in [1.807, 2.05) is 122 Å². The summed E-state index contributed by atoms with van der Waals surface area (Å²) in [5.41, 5.74) is 15.7. The zero-order valence-corrected chi connectivity index (χ0v) is 30.1. The van der Waals surface area contributed by atoms with Crippen LogP contribution in [0.3, 0.4) is 0 Å². The maximum absolute atomic E-state index is 13.9. The third-order valence-corrected chi connectivity index (χ3v) is 8.88. The molecule has 4 aromatic carbocycles. The SMILES string of the molecule is CSC[C@H](NC(=O)Cc1ccc(-c2ccccc2)cc1)C(=O)N[C@H](CCCN=C(N)N)C(=O)N[C@@H](Cc1ccccc1)C(=O)NCc1ccccc1. The number of nitrogens with one attached hydrogen (secondary N) is 4. The molecule has 0 radical (unpaired) electrons. The van der Waals surface area contributed by atoms with Gasteiger partial charge in [-0.25, -0.2) is 0 Å². The number of nitrogens with zero attached hydrogens (tertiary/aromatic N) is 1. The smallest absolute Gasteiger partial charge is 0.244 e.